The van der Waals surface area contributed by atoms with Crippen LogP contribution in [-0.4, -0.2) is 21.7 Å². The highest BCUT2D eigenvalue weighted by atomic mass is 35.5. The summed E-state index contributed by atoms with van der Waals surface area (Å²) >= 11 is 6.06. The Bertz CT molecular complexity index is 741. The number of anilines is 1. The molecule has 0 unspecified atom stereocenters. The lowest BCUT2D eigenvalue weighted by Crippen LogP contribution is -2.49. The van der Waals surface area contributed by atoms with E-state index in [0.717, 1.165) is 10.6 Å². The lowest BCUT2D eigenvalue weighted by Gasteiger charge is -2.21. The third-order valence-electron chi connectivity index (χ3n) is 3.06. The van der Waals surface area contributed by atoms with Crippen LogP contribution in [0.2, 0.25) is 5.02 Å². The highest BCUT2D eigenvalue weighted by Crippen LogP contribution is 2.20. The molecule has 1 heterocycles. The molecule has 2 aromatic rings. The van der Waals surface area contributed by atoms with Crippen LogP contribution in [0.4, 0.5) is 10.5 Å². The number of hydrogen-bond donors (Lipinski definition) is 2. The maximum Gasteiger partial charge on any atom is 0.338 e. The number of hydrazine groups is 1. The van der Waals surface area contributed by atoms with Crippen molar-refractivity contribution in [2.45, 2.75) is 13.8 Å². The molecule has 0 spiro atoms. The largest absolute Gasteiger partial charge is 0.350 e. The normalized spacial score (nSPS) is 10.4. The Labute approximate surface area is 132 Å². The Morgan fingerprint density at radius 2 is 2.05 bits per heavy atom. The van der Waals surface area contributed by atoms with Gasteiger partial charge in [0.2, 0.25) is 0 Å². The zero-order valence-corrected chi connectivity index (χ0v) is 13.2. The maximum absolute atomic E-state index is 12.4. The summed E-state index contributed by atoms with van der Waals surface area (Å²) in [5.41, 5.74) is 9.84. The van der Waals surface area contributed by atoms with E-state index in [4.69, 9.17) is 17.3 Å². The second-order valence-electron chi connectivity index (χ2n) is 4.83. The van der Waals surface area contributed by atoms with Gasteiger partial charge in [0.15, 0.2) is 0 Å². The molecule has 0 radical (unpaired) electrons. The van der Waals surface area contributed by atoms with Gasteiger partial charge in [0.05, 0.1) is 16.4 Å². The fourth-order valence-electron chi connectivity index (χ4n) is 2.05. The Kier molecular flexibility index (Phi) is 4.37. The fourth-order valence-corrected chi connectivity index (χ4v) is 2.29. The van der Waals surface area contributed by atoms with E-state index in [1.54, 1.807) is 32.2 Å². The lowest BCUT2D eigenvalue weighted by molar-refractivity contribution is 0.0941. The van der Waals surface area contributed by atoms with Crippen LogP contribution in [0.3, 0.4) is 0 Å². The van der Waals surface area contributed by atoms with Crippen LogP contribution in [0.25, 0.3) is 0 Å². The van der Waals surface area contributed by atoms with Gasteiger partial charge in [-0.1, -0.05) is 23.7 Å². The van der Waals surface area contributed by atoms with Gasteiger partial charge in [0.25, 0.3) is 5.91 Å². The van der Waals surface area contributed by atoms with Crippen molar-refractivity contribution in [1.82, 2.24) is 15.2 Å². The molecule has 2 rings (SSSR count). The maximum atomic E-state index is 12.4. The van der Waals surface area contributed by atoms with Crippen LogP contribution >= 0.6 is 11.6 Å². The first-order valence-corrected chi connectivity index (χ1v) is 6.85. The van der Waals surface area contributed by atoms with Crippen LogP contribution in [0.15, 0.2) is 24.3 Å². The number of nitrogens with zero attached hydrogens (tertiary/aromatic N) is 3. The fraction of sp³-hybridized carbons (Fsp3) is 0.214. The number of nitrogens with one attached hydrogen (secondary N) is 1. The molecule has 0 saturated carbocycles. The summed E-state index contributed by atoms with van der Waals surface area (Å²) < 4.78 is 1.35. The molecule has 0 aliphatic carbocycles. The molecule has 0 fully saturated rings. The molecule has 7 nitrogen and oxygen atoms in total. The van der Waals surface area contributed by atoms with Crippen LogP contribution < -0.4 is 16.2 Å². The third-order valence-corrected chi connectivity index (χ3v) is 3.51. The number of carbonyl (C=O) groups excluding carboxylic acids is 2. The number of rotatable bonds is 2. The van der Waals surface area contributed by atoms with Gasteiger partial charge in [-0.2, -0.15) is 5.10 Å². The molecule has 116 valence electrons. The van der Waals surface area contributed by atoms with Crippen LogP contribution in [0.5, 0.6) is 0 Å². The van der Waals surface area contributed by atoms with Crippen molar-refractivity contribution >= 4 is 29.2 Å². The number of halogens is 1. The Balaban J connectivity index is 2.32. The summed E-state index contributed by atoms with van der Waals surface area (Å²) in [5, 5.41) is 5.26. The van der Waals surface area contributed by atoms with E-state index in [1.807, 2.05) is 13.0 Å². The van der Waals surface area contributed by atoms with E-state index in [9.17, 15) is 9.59 Å². The second kappa shape index (κ2) is 6.07. The number of primary amides is 1. The number of hydrogen-bond acceptors (Lipinski definition) is 3. The molecule has 1 aromatic heterocycles. The number of aromatic nitrogens is 2. The standard InChI is InChI=1S/C14H16ClN5O2/c1-8-5-4-6-10(7-8)20(14(16)22)18-13(21)12-11(15)9(2)17-19(12)3/h4-7H,1-3H3,(H2,16,22)(H,18,21). The highest BCUT2D eigenvalue weighted by molar-refractivity contribution is 6.34. The first kappa shape index (κ1) is 15.8. The molecular formula is C14H16ClN5O2. The molecule has 0 atom stereocenters. The van der Waals surface area contributed by atoms with E-state index in [0.29, 0.717) is 11.4 Å². The Morgan fingerprint density at radius 1 is 1.36 bits per heavy atom. The summed E-state index contributed by atoms with van der Waals surface area (Å²) in [4.78, 5) is 24.0. The molecule has 22 heavy (non-hydrogen) atoms. The third kappa shape index (κ3) is 3.04. The van der Waals surface area contributed by atoms with Gasteiger partial charge in [-0.15, -0.1) is 0 Å². The molecule has 0 bridgehead atoms. The smallest absolute Gasteiger partial charge is 0.338 e. The second-order valence-corrected chi connectivity index (χ2v) is 5.20. The van der Waals surface area contributed by atoms with E-state index >= 15 is 0 Å². The van der Waals surface area contributed by atoms with Gasteiger partial charge in [0.1, 0.15) is 5.69 Å². The summed E-state index contributed by atoms with van der Waals surface area (Å²) in [6.07, 6.45) is 0. The number of amides is 3. The van der Waals surface area contributed by atoms with Crippen molar-refractivity contribution in [2.75, 3.05) is 5.01 Å². The molecule has 0 saturated heterocycles. The van der Waals surface area contributed by atoms with Crippen LogP contribution in [0, 0.1) is 13.8 Å². The predicted molar refractivity (Wildman–Crippen MR) is 83.7 cm³/mol. The van der Waals surface area contributed by atoms with Crippen molar-refractivity contribution in [2.24, 2.45) is 12.8 Å². The van der Waals surface area contributed by atoms with Crippen molar-refractivity contribution < 1.29 is 9.59 Å². The Hall–Kier alpha value is -2.54. The van der Waals surface area contributed by atoms with Gasteiger partial charge >= 0.3 is 6.03 Å². The molecule has 0 aliphatic heterocycles. The van der Waals surface area contributed by atoms with Crippen molar-refractivity contribution in [1.29, 1.82) is 0 Å². The first-order chi connectivity index (χ1) is 10.3. The van der Waals surface area contributed by atoms with E-state index in [2.05, 4.69) is 10.5 Å². The van der Waals surface area contributed by atoms with E-state index in [1.165, 1.54) is 4.68 Å². The van der Waals surface area contributed by atoms with Gasteiger partial charge in [-0.05, 0) is 31.5 Å². The quantitative estimate of drug-likeness (QED) is 0.827. The predicted octanol–water partition coefficient (Wildman–Crippen LogP) is 1.92. The zero-order chi connectivity index (χ0) is 16.4. The summed E-state index contributed by atoms with van der Waals surface area (Å²) in [6, 6.07) is 6.20. The molecule has 0 aliphatic rings. The average molecular weight is 322 g/mol. The van der Waals surface area contributed by atoms with Crippen LogP contribution in [0.1, 0.15) is 21.7 Å². The lowest BCUT2D eigenvalue weighted by atomic mass is 10.2. The number of urea groups is 1. The number of aryl methyl sites for hydroxylation is 3. The van der Waals surface area contributed by atoms with Crippen molar-refractivity contribution in [3.05, 3.63) is 46.2 Å². The monoisotopic (exact) mass is 321 g/mol. The number of benzene rings is 1. The molecule has 3 amide bonds. The minimum absolute atomic E-state index is 0.151. The number of nitrogens with two attached hydrogens (primary N) is 1. The summed E-state index contributed by atoms with van der Waals surface area (Å²) in [6.45, 7) is 3.55. The minimum Gasteiger partial charge on any atom is -0.350 e. The summed E-state index contributed by atoms with van der Waals surface area (Å²) in [7, 11) is 1.59. The van der Waals surface area contributed by atoms with E-state index in [-0.39, 0.29) is 10.7 Å². The SMILES string of the molecule is Cc1cccc(N(NC(=O)c2c(Cl)c(C)nn2C)C(N)=O)c1. The molecule has 3 N–H and O–H groups in total. The van der Waals surface area contributed by atoms with Crippen LogP contribution in [-0.2, 0) is 7.05 Å². The average Bonchev–Trinajstić information content (AvgIpc) is 2.69. The van der Waals surface area contributed by atoms with E-state index < -0.39 is 11.9 Å². The summed E-state index contributed by atoms with van der Waals surface area (Å²) in [5.74, 6) is -0.576. The van der Waals surface area contributed by atoms with Gasteiger partial charge in [-0.3, -0.25) is 14.9 Å². The first-order valence-electron chi connectivity index (χ1n) is 6.47. The van der Waals surface area contributed by atoms with Gasteiger partial charge in [0, 0.05) is 7.05 Å². The Morgan fingerprint density at radius 3 is 2.55 bits per heavy atom. The molecule has 8 heteroatoms. The highest BCUT2D eigenvalue weighted by Gasteiger charge is 2.23. The number of carbonyl (C=O) groups is 2. The van der Waals surface area contributed by atoms with Crippen molar-refractivity contribution in [3.63, 3.8) is 0 Å². The van der Waals surface area contributed by atoms with Crippen molar-refractivity contribution in [3.8, 4) is 0 Å². The van der Waals surface area contributed by atoms with Gasteiger partial charge in [-0.25, -0.2) is 9.80 Å². The van der Waals surface area contributed by atoms with Gasteiger partial charge < -0.3 is 5.73 Å². The zero-order valence-electron chi connectivity index (χ0n) is 12.4. The topological polar surface area (TPSA) is 93.2 Å². The minimum atomic E-state index is -0.811. The molecular weight excluding hydrogens is 306 g/mol. The molecule has 1 aromatic carbocycles.